The van der Waals surface area contributed by atoms with Gasteiger partial charge in [0.25, 0.3) is 0 Å². The van der Waals surface area contributed by atoms with E-state index in [2.05, 4.69) is 0 Å². The Morgan fingerprint density at radius 1 is 0.941 bits per heavy atom. The van der Waals surface area contributed by atoms with Crippen LogP contribution >= 0.6 is 0 Å². The standard InChI is InChI=1S/C14H15NO2/c1-16-13-8-4-5-9-14(13)17-10-11-6-2-3-7-12(11)15/h2-9H,10,15H2,1H3. The van der Waals surface area contributed by atoms with E-state index in [1.165, 1.54) is 0 Å². The van der Waals surface area contributed by atoms with Crippen LogP contribution in [0.25, 0.3) is 0 Å². The number of para-hydroxylation sites is 3. The molecule has 0 saturated heterocycles. The maximum Gasteiger partial charge on any atom is 0.161 e. The van der Waals surface area contributed by atoms with E-state index >= 15 is 0 Å². The molecule has 0 amide bonds. The summed E-state index contributed by atoms with van der Waals surface area (Å²) in [4.78, 5) is 0. The number of nitrogens with two attached hydrogens (primary N) is 1. The molecule has 2 N–H and O–H groups in total. The topological polar surface area (TPSA) is 44.5 Å². The van der Waals surface area contributed by atoms with E-state index in [1.807, 2.05) is 48.5 Å². The third-order valence-electron chi connectivity index (χ3n) is 2.51. The summed E-state index contributed by atoms with van der Waals surface area (Å²) < 4.78 is 10.9. The molecule has 0 fully saturated rings. The molecule has 0 aliphatic carbocycles. The van der Waals surface area contributed by atoms with Crippen LogP contribution in [0.1, 0.15) is 5.56 Å². The lowest BCUT2D eigenvalue weighted by Gasteiger charge is -2.11. The van der Waals surface area contributed by atoms with E-state index in [4.69, 9.17) is 15.2 Å². The van der Waals surface area contributed by atoms with Crippen LogP contribution in [0.3, 0.4) is 0 Å². The van der Waals surface area contributed by atoms with Gasteiger partial charge >= 0.3 is 0 Å². The van der Waals surface area contributed by atoms with E-state index in [1.54, 1.807) is 7.11 Å². The maximum absolute atomic E-state index is 5.84. The van der Waals surface area contributed by atoms with E-state index < -0.39 is 0 Å². The molecule has 2 aromatic carbocycles. The van der Waals surface area contributed by atoms with Crippen LogP contribution in [-0.4, -0.2) is 7.11 Å². The number of anilines is 1. The molecule has 0 aliphatic heterocycles. The zero-order valence-corrected chi connectivity index (χ0v) is 9.72. The van der Waals surface area contributed by atoms with Crippen LogP contribution < -0.4 is 15.2 Å². The second-order valence-electron chi connectivity index (χ2n) is 3.64. The third-order valence-corrected chi connectivity index (χ3v) is 2.51. The van der Waals surface area contributed by atoms with Crippen molar-refractivity contribution < 1.29 is 9.47 Å². The van der Waals surface area contributed by atoms with E-state index in [9.17, 15) is 0 Å². The molecule has 88 valence electrons. The van der Waals surface area contributed by atoms with Crippen LogP contribution in [0.15, 0.2) is 48.5 Å². The summed E-state index contributed by atoms with van der Waals surface area (Å²) >= 11 is 0. The first-order chi connectivity index (χ1) is 8.31. The van der Waals surface area contributed by atoms with Crippen molar-refractivity contribution in [3.63, 3.8) is 0 Å². The minimum atomic E-state index is 0.438. The summed E-state index contributed by atoms with van der Waals surface area (Å²) in [7, 11) is 1.62. The Bertz CT molecular complexity index is 497. The van der Waals surface area contributed by atoms with Crippen LogP contribution in [0.4, 0.5) is 5.69 Å². The van der Waals surface area contributed by atoms with Gasteiger partial charge in [0.2, 0.25) is 0 Å². The van der Waals surface area contributed by atoms with E-state index in [-0.39, 0.29) is 0 Å². The molecule has 0 heterocycles. The number of nitrogen functional groups attached to an aromatic ring is 1. The SMILES string of the molecule is COc1ccccc1OCc1ccccc1N. The van der Waals surface area contributed by atoms with Gasteiger partial charge in [-0.05, 0) is 18.2 Å². The molecule has 3 nitrogen and oxygen atoms in total. The Morgan fingerprint density at radius 2 is 1.59 bits per heavy atom. The van der Waals surface area contributed by atoms with Crippen LogP contribution in [0.5, 0.6) is 11.5 Å². The highest BCUT2D eigenvalue weighted by Gasteiger charge is 2.04. The van der Waals surface area contributed by atoms with Crippen molar-refractivity contribution in [2.24, 2.45) is 0 Å². The van der Waals surface area contributed by atoms with Crippen molar-refractivity contribution in [1.82, 2.24) is 0 Å². The molecule has 0 spiro atoms. The Labute approximate surface area is 101 Å². The van der Waals surface area contributed by atoms with Gasteiger partial charge in [-0.25, -0.2) is 0 Å². The van der Waals surface area contributed by atoms with E-state index in [0.717, 1.165) is 22.7 Å². The molecule has 0 bridgehead atoms. The van der Waals surface area contributed by atoms with Gasteiger partial charge in [0.05, 0.1) is 7.11 Å². The molecule has 0 saturated carbocycles. The maximum atomic E-state index is 5.84. The summed E-state index contributed by atoms with van der Waals surface area (Å²) in [6.07, 6.45) is 0. The van der Waals surface area contributed by atoms with Gasteiger partial charge in [-0.2, -0.15) is 0 Å². The Hall–Kier alpha value is -2.16. The lowest BCUT2D eigenvalue weighted by molar-refractivity contribution is 0.285. The van der Waals surface area contributed by atoms with Crippen molar-refractivity contribution in [3.8, 4) is 11.5 Å². The Balaban J connectivity index is 2.10. The average molecular weight is 229 g/mol. The van der Waals surface area contributed by atoms with Crippen molar-refractivity contribution in [3.05, 3.63) is 54.1 Å². The molecule has 2 rings (SSSR count). The Kier molecular flexibility index (Phi) is 3.50. The van der Waals surface area contributed by atoms with Gasteiger partial charge in [0.15, 0.2) is 11.5 Å². The summed E-state index contributed by atoms with van der Waals surface area (Å²) in [6, 6.07) is 15.2. The van der Waals surface area contributed by atoms with Gasteiger partial charge in [-0.1, -0.05) is 30.3 Å². The van der Waals surface area contributed by atoms with Gasteiger partial charge in [-0.15, -0.1) is 0 Å². The first kappa shape index (κ1) is 11.3. The smallest absolute Gasteiger partial charge is 0.161 e. The molecule has 0 aromatic heterocycles. The number of rotatable bonds is 4. The fourth-order valence-electron chi connectivity index (χ4n) is 1.56. The second kappa shape index (κ2) is 5.25. The van der Waals surface area contributed by atoms with Crippen molar-refractivity contribution in [2.75, 3.05) is 12.8 Å². The highest BCUT2D eigenvalue weighted by atomic mass is 16.5. The molecule has 3 heteroatoms. The summed E-state index contributed by atoms with van der Waals surface area (Å²) in [6.45, 7) is 0.438. The molecular formula is C14H15NO2. The zero-order valence-electron chi connectivity index (χ0n) is 9.72. The van der Waals surface area contributed by atoms with Crippen molar-refractivity contribution >= 4 is 5.69 Å². The number of hydrogen-bond acceptors (Lipinski definition) is 3. The monoisotopic (exact) mass is 229 g/mol. The second-order valence-corrected chi connectivity index (χ2v) is 3.64. The molecule has 0 radical (unpaired) electrons. The molecule has 2 aromatic rings. The number of ether oxygens (including phenoxy) is 2. The minimum Gasteiger partial charge on any atom is -0.493 e. The largest absolute Gasteiger partial charge is 0.493 e. The molecular weight excluding hydrogens is 214 g/mol. The average Bonchev–Trinajstić information content (AvgIpc) is 2.38. The lowest BCUT2D eigenvalue weighted by atomic mass is 10.2. The van der Waals surface area contributed by atoms with Crippen molar-refractivity contribution in [1.29, 1.82) is 0 Å². The Morgan fingerprint density at radius 3 is 2.29 bits per heavy atom. The fraction of sp³-hybridized carbons (Fsp3) is 0.143. The van der Waals surface area contributed by atoms with Crippen LogP contribution in [-0.2, 0) is 6.61 Å². The molecule has 17 heavy (non-hydrogen) atoms. The quantitative estimate of drug-likeness (QED) is 0.820. The normalized spacial score (nSPS) is 9.94. The van der Waals surface area contributed by atoms with Crippen LogP contribution in [0, 0.1) is 0 Å². The predicted molar refractivity (Wildman–Crippen MR) is 68.2 cm³/mol. The first-order valence-corrected chi connectivity index (χ1v) is 5.40. The molecule has 0 unspecified atom stereocenters. The fourth-order valence-corrected chi connectivity index (χ4v) is 1.56. The summed E-state index contributed by atoms with van der Waals surface area (Å²) in [5, 5.41) is 0. The zero-order chi connectivity index (χ0) is 12.1. The van der Waals surface area contributed by atoms with Crippen LogP contribution in [0.2, 0.25) is 0 Å². The first-order valence-electron chi connectivity index (χ1n) is 5.40. The number of methoxy groups -OCH3 is 1. The van der Waals surface area contributed by atoms with Gasteiger partial charge < -0.3 is 15.2 Å². The van der Waals surface area contributed by atoms with E-state index in [0.29, 0.717) is 6.61 Å². The van der Waals surface area contributed by atoms with Gasteiger partial charge in [0, 0.05) is 11.3 Å². The summed E-state index contributed by atoms with van der Waals surface area (Å²) in [5.41, 5.74) is 7.55. The highest BCUT2D eigenvalue weighted by molar-refractivity contribution is 5.46. The lowest BCUT2D eigenvalue weighted by Crippen LogP contribution is -2.00. The highest BCUT2D eigenvalue weighted by Crippen LogP contribution is 2.27. The van der Waals surface area contributed by atoms with Gasteiger partial charge in [-0.3, -0.25) is 0 Å². The third kappa shape index (κ3) is 2.69. The predicted octanol–water partition coefficient (Wildman–Crippen LogP) is 2.86. The summed E-state index contributed by atoms with van der Waals surface area (Å²) in [5.74, 6) is 1.44. The minimum absolute atomic E-state index is 0.438. The van der Waals surface area contributed by atoms with Crippen molar-refractivity contribution in [2.45, 2.75) is 6.61 Å². The molecule has 0 aliphatic rings. The van der Waals surface area contributed by atoms with Gasteiger partial charge in [0.1, 0.15) is 6.61 Å². The number of benzene rings is 2. The molecule has 0 atom stereocenters. The number of hydrogen-bond donors (Lipinski definition) is 1.